The molecule has 2 rings (SSSR count). The molecule has 0 bridgehead atoms. The summed E-state index contributed by atoms with van der Waals surface area (Å²) in [5, 5.41) is 19.0. The van der Waals surface area contributed by atoms with Gasteiger partial charge in [0.15, 0.2) is 6.10 Å². The zero-order chi connectivity index (χ0) is 26.0. The van der Waals surface area contributed by atoms with E-state index < -0.39 is 36.1 Å². The van der Waals surface area contributed by atoms with Gasteiger partial charge in [-0.25, -0.2) is 4.79 Å². The molecule has 0 saturated heterocycles. The summed E-state index contributed by atoms with van der Waals surface area (Å²) >= 11 is 0. The number of carbonyl (C=O) groups is 3. The second-order valence-electron chi connectivity index (χ2n) is 10.5. The van der Waals surface area contributed by atoms with E-state index in [9.17, 15) is 19.5 Å². The van der Waals surface area contributed by atoms with Gasteiger partial charge in [-0.1, -0.05) is 44.2 Å². The van der Waals surface area contributed by atoms with Crippen molar-refractivity contribution in [3.05, 3.63) is 35.9 Å². The van der Waals surface area contributed by atoms with E-state index in [-0.39, 0.29) is 37.2 Å². The van der Waals surface area contributed by atoms with E-state index in [4.69, 9.17) is 9.47 Å². The van der Waals surface area contributed by atoms with E-state index in [1.165, 1.54) is 0 Å². The highest BCUT2D eigenvalue weighted by Gasteiger charge is 2.34. The van der Waals surface area contributed by atoms with Gasteiger partial charge >= 0.3 is 6.09 Å². The first-order valence-electron chi connectivity index (χ1n) is 12.3. The molecular formula is C26H41N3O6. The van der Waals surface area contributed by atoms with Crippen LogP contribution in [0.2, 0.25) is 0 Å². The highest BCUT2D eigenvalue weighted by atomic mass is 16.6. The lowest BCUT2D eigenvalue weighted by molar-refractivity contribution is -0.132. The smallest absolute Gasteiger partial charge is 0.407 e. The zero-order valence-electron chi connectivity index (χ0n) is 21.5. The van der Waals surface area contributed by atoms with Crippen LogP contribution in [0.4, 0.5) is 4.79 Å². The fraction of sp³-hybridized carbons (Fsp3) is 0.654. The van der Waals surface area contributed by atoms with Crippen molar-refractivity contribution in [2.45, 2.75) is 90.1 Å². The summed E-state index contributed by atoms with van der Waals surface area (Å²) in [4.78, 5) is 38.1. The zero-order valence-corrected chi connectivity index (χ0v) is 21.5. The molecule has 9 heteroatoms. The minimum atomic E-state index is -1.43. The van der Waals surface area contributed by atoms with Gasteiger partial charge in [-0.15, -0.1) is 0 Å². The van der Waals surface area contributed by atoms with Gasteiger partial charge < -0.3 is 30.5 Å². The molecule has 0 spiro atoms. The fourth-order valence-corrected chi connectivity index (χ4v) is 3.46. The maximum atomic E-state index is 13.2. The number of benzene rings is 1. The molecular weight excluding hydrogens is 450 g/mol. The van der Waals surface area contributed by atoms with Crippen LogP contribution in [0.1, 0.15) is 59.4 Å². The molecule has 0 heterocycles. The molecule has 1 aromatic carbocycles. The first kappa shape index (κ1) is 28.6. The van der Waals surface area contributed by atoms with Crippen molar-refractivity contribution in [3.63, 3.8) is 0 Å². The molecule has 3 atom stereocenters. The first-order chi connectivity index (χ1) is 16.4. The van der Waals surface area contributed by atoms with Crippen LogP contribution in [0, 0.1) is 5.92 Å². The van der Waals surface area contributed by atoms with Gasteiger partial charge in [0.25, 0.3) is 5.91 Å². The molecule has 1 unspecified atom stereocenters. The Morgan fingerprint density at radius 3 is 2.26 bits per heavy atom. The Hall–Kier alpha value is -2.65. The topological polar surface area (TPSA) is 126 Å². The summed E-state index contributed by atoms with van der Waals surface area (Å²) in [6.07, 6.45) is 0.238. The Labute approximate surface area is 208 Å². The molecule has 196 valence electrons. The molecule has 1 aromatic rings. The molecule has 3 amide bonds. The molecule has 1 aliphatic carbocycles. The van der Waals surface area contributed by atoms with Crippen molar-refractivity contribution in [2.75, 3.05) is 13.2 Å². The highest BCUT2D eigenvalue weighted by Crippen LogP contribution is 2.19. The normalized spacial score (nSPS) is 16.2. The lowest BCUT2D eigenvalue weighted by Gasteiger charge is -2.27. The standard InChI is InChI=1S/C26H41N3O6/c1-17(2)15-21(29-25(33)34-13-14-35-26(3,4)5)23(31)28-20(16-18-9-7-6-8-10-18)22(30)24(32)27-19-11-12-19/h6-10,17,19-22,30H,11-16H2,1-5H3,(H,27,32)(H,28,31)(H,29,33)/t20-,21-,22?/m0/s1. The van der Waals surface area contributed by atoms with Crippen LogP contribution >= 0.6 is 0 Å². The summed E-state index contributed by atoms with van der Waals surface area (Å²) in [6, 6.07) is 7.64. The number of aliphatic hydroxyl groups is 1. The molecule has 0 radical (unpaired) electrons. The molecule has 1 aliphatic rings. The van der Waals surface area contributed by atoms with Gasteiger partial charge in [-0.3, -0.25) is 9.59 Å². The van der Waals surface area contributed by atoms with Gasteiger partial charge in [0.2, 0.25) is 5.91 Å². The third kappa shape index (κ3) is 11.6. The van der Waals surface area contributed by atoms with E-state index in [2.05, 4.69) is 16.0 Å². The van der Waals surface area contributed by atoms with Gasteiger partial charge in [0, 0.05) is 6.04 Å². The van der Waals surface area contributed by atoms with Gasteiger partial charge in [0.1, 0.15) is 12.6 Å². The Morgan fingerprint density at radius 1 is 1.03 bits per heavy atom. The van der Waals surface area contributed by atoms with Crippen molar-refractivity contribution in [1.29, 1.82) is 0 Å². The summed E-state index contributed by atoms with van der Waals surface area (Å²) in [6.45, 7) is 9.87. The third-order valence-corrected chi connectivity index (χ3v) is 5.37. The van der Waals surface area contributed by atoms with Crippen LogP contribution in [0.5, 0.6) is 0 Å². The summed E-state index contributed by atoms with van der Waals surface area (Å²) in [5.74, 6) is -0.896. The average molecular weight is 492 g/mol. The van der Waals surface area contributed by atoms with Gasteiger partial charge in [-0.05, 0) is 57.9 Å². The van der Waals surface area contributed by atoms with Crippen LogP contribution in [-0.2, 0) is 25.5 Å². The molecule has 1 saturated carbocycles. The predicted octanol–water partition coefficient (Wildman–Crippen LogP) is 2.31. The Kier molecular flexibility index (Phi) is 11.0. The average Bonchev–Trinajstić information content (AvgIpc) is 3.59. The van der Waals surface area contributed by atoms with Gasteiger partial charge in [0.05, 0.1) is 18.2 Å². The number of carbonyl (C=O) groups excluding carboxylic acids is 3. The lowest BCUT2D eigenvalue weighted by atomic mass is 9.98. The molecule has 0 aliphatic heterocycles. The number of ether oxygens (including phenoxy) is 2. The number of hydrogen-bond donors (Lipinski definition) is 4. The van der Waals surface area contributed by atoms with Crippen LogP contribution in [0.3, 0.4) is 0 Å². The number of hydrogen-bond acceptors (Lipinski definition) is 6. The molecule has 4 N–H and O–H groups in total. The van der Waals surface area contributed by atoms with E-state index in [1.54, 1.807) is 0 Å². The fourth-order valence-electron chi connectivity index (χ4n) is 3.46. The highest BCUT2D eigenvalue weighted by molar-refractivity contribution is 5.87. The SMILES string of the molecule is CC(C)C[C@H](NC(=O)OCCOC(C)(C)C)C(=O)N[C@@H](Cc1ccccc1)C(O)C(=O)NC1CC1. The second kappa shape index (κ2) is 13.4. The third-order valence-electron chi connectivity index (χ3n) is 5.37. The van der Waals surface area contributed by atoms with Crippen molar-refractivity contribution in [3.8, 4) is 0 Å². The number of nitrogens with one attached hydrogen (secondary N) is 3. The number of alkyl carbamates (subject to hydrolysis) is 1. The van der Waals surface area contributed by atoms with Crippen molar-refractivity contribution >= 4 is 17.9 Å². The van der Waals surface area contributed by atoms with E-state index in [0.717, 1.165) is 18.4 Å². The number of amides is 3. The molecule has 0 aromatic heterocycles. The van der Waals surface area contributed by atoms with Crippen LogP contribution in [0.15, 0.2) is 30.3 Å². The monoisotopic (exact) mass is 491 g/mol. The lowest BCUT2D eigenvalue weighted by Crippen LogP contribution is -2.56. The van der Waals surface area contributed by atoms with Crippen LogP contribution in [-0.4, -0.2) is 66.1 Å². The second-order valence-corrected chi connectivity index (χ2v) is 10.5. The van der Waals surface area contributed by atoms with Crippen molar-refractivity contribution < 1.29 is 29.0 Å². The maximum Gasteiger partial charge on any atom is 0.407 e. The Balaban J connectivity index is 2.03. The van der Waals surface area contributed by atoms with E-state index in [0.29, 0.717) is 6.42 Å². The predicted molar refractivity (Wildman–Crippen MR) is 133 cm³/mol. The quantitative estimate of drug-likeness (QED) is 0.314. The van der Waals surface area contributed by atoms with E-state index >= 15 is 0 Å². The Bertz CT molecular complexity index is 820. The summed E-state index contributed by atoms with van der Waals surface area (Å²) in [5.41, 5.74) is 0.517. The summed E-state index contributed by atoms with van der Waals surface area (Å²) < 4.78 is 10.7. The molecule has 9 nitrogen and oxygen atoms in total. The Morgan fingerprint density at radius 2 is 1.69 bits per heavy atom. The maximum absolute atomic E-state index is 13.2. The number of aliphatic hydroxyl groups excluding tert-OH is 1. The minimum Gasteiger partial charge on any atom is -0.447 e. The molecule has 35 heavy (non-hydrogen) atoms. The van der Waals surface area contributed by atoms with Crippen molar-refractivity contribution in [2.24, 2.45) is 5.92 Å². The van der Waals surface area contributed by atoms with Gasteiger partial charge in [-0.2, -0.15) is 0 Å². The van der Waals surface area contributed by atoms with E-state index in [1.807, 2.05) is 65.0 Å². The van der Waals surface area contributed by atoms with Crippen LogP contribution < -0.4 is 16.0 Å². The summed E-state index contributed by atoms with van der Waals surface area (Å²) in [7, 11) is 0. The first-order valence-corrected chi connectivity index (χ1v) is 12.3. The minimum absolute atomic E-state index is 0.0514. The molecule has 1 fully saturated rings. The largest absolute Gasteiger partial charge is 0.447 e. The van der Waals surface area contributed by atoms with Crippen LogP contribution in [0.25, 0.3) is 0 Å². The van der Waals surface area contributed by atoms with Crippen molar-refractivity contribution in [1.82, 2.24) is 16.0 Å². The number of rotatable bonds is 13.